The van der Waals surface area contributed by atoms with Gasteiger partial charge in [-0.1, -0.05) is 0 Å². The standard InChI is InChI=1S/C10H15N3O3/c11-9-8(7-1-2-7)16-10(14)13(9)12-3-5-15-6-4-12/h7-8,11H,1-6H2. The van der Waals surface area contributed by atoms with Gasteiger partial charge in [-0.15, -0.1) is 0 Å². The molecule has 3 fully saturated rings. The largest absolute Gasteiger partial charge is 0.436 e. The monoisotopic (exact) mass is 225 g/mol. The molecule has 0 aromatic rings. The topological polar surface area (TPSA) is 65.9 Å². The van der Waals surface area contributed by atoms with Crippen molar-refractivity contribution in [3.8, 4) is 0 Å². The van der Waals surface area contributed by atoms with Gasteiger partial charge in [0.25, 0.3) is 0 Å². The number of hydrogen-bond donors (Lipinski definition) is 1. The number of amides is 1. The zero-order valence-corrected chi connectivity index (χ0v) is 9.02. The van der Waals surface area contributed by atoms with E-state index in [2.05, 4.69) is 0 Å². The first kappa shape index (κ1) is 10.0. The van der Waals surface area contributed by atoms with E-state index in [0.717, 1.165) is 12.8 Å². The summed E-state index contributed by atoms with van der Waals surface area (Å²) in [4.78, 5) is 11.7. The van der Waals surface area contributed by atoms with Crippen molar-refractivity contribution in [3.63, 3.8) is 0 Å². The predicted molar refractivity (Wildman–Crippen MR) is 55.0 cm³/mol. The summed E-state index contributed by atoms with van der Waals surface area (Å²) >= 11 is 0. The molecule has 0 aromatic heterocycles. The molecule has 1 atom stereocenters. The minimum atomic E-state index is -0.399. The zero-order valence-electron chi connectivity index (χ0n) is 9.02. The molecule has 1 unspecified atom stereocenters. The first-order chi connectivity index (χ1) is 7.77. The molecule has 3 rings (SSSR count). The molecule has 6 heteroatoms. The number of rotatable bonds is 2. The highest BCUT2D eigenvalue weighted by molar-refractivity contribution is 6.01. The van der Waals surface area contributed by atoms with Crippen LogP contribution in [0.25, 0.3) is 0 Å². The Bertz CT molecular complexity index is 323. The lowest BCUT2D eigenvalue weighted by Gasteiger charge is -2.32. The van der Waals surface area contributed by atoms with E-state index >= 15 is 0 Å². The van der Waals surface area contributed by atoms with E-state index in [1.807, 2.05) is 5.01 Å². The van der Waals surface area contributed by atoms with Gasteiger partial charge in [-0.05, 0) is 12.8 Å². The first-order valence-corrected chi connectivity index (χ1v) is 5.69. The lowest BCUT2D eigenvalue weighted by Crippen LogP contribution is -2.51. The molecule has 6 nitrogen and oxygen atoms in total. The van der Waals surface area contributed by atoms with Crippen LogP contribution in [0.15, 0.2) is 0 Å². The van der Waals surface area contributed by atoms with Gasteiger partial charge in [-0.3, -0.25) is 5.41 Å². The highest BCUT2D eigenvalue weighted by Gasteiger charge is 2.48. The van der Waals surface area contributed by atoms with Gasteiger partial charge >= 0.3 is 6.09 Å². The van der Waals surface area contributed by atoms with Crippen LogP contribution >= 0.6 is 0 Å². The molecule has 1 aliphatic carbocycles. The Morgan fingerprint density at radius 1 is 1.25 bits per heavy atom. The van der Waals surface area contributed by atoms with Crippen molar-refractivity contribution in [2.24, 2.45) is 5.92 Å². The second-order valence-corrected chi connectivity index (χ2v) is 4.40. The minimum Gasteiger partial charge on any atom is -0.436 e. The van der Waals surface area contributed by atoms with E-state index in [0.29, 0.717) is 38.1 Å². The molecular formula is C10H15N3O3. The number of ether oxygens (including phenoxy) is 2. The van der Waals surface area contributed by atoms with Gasteiger partial charge in [-0.2, -0.15) is 5.01 Å². The highest BCUT2D eigenvalue weighted by Crippen LogP contribution is 2.38. The Balaban J connectivity index is 1.73. The molecule has 1 saturated carbocycles. The van der Waals surface area contributed by atoms with Crippen molar-refractivity contribution in [2.45, 2.75) is 18.9 Å². The summed E-state index contributed by atoms with van der Waals surface area (Å²) in [6.07, 6.45) is 1.42. The van der Waals surface area contributed by atoms with Gasteiger partial charge in [0.1, 0.15) is 0 Å². The Morgan fingerprint density at radius 2 is 1.94 bits per heavy atom. The van der Waals surface area contributed by atoms with Crippen LogP contribution in [0.1, 0.15) is 12.8 Å². The first-order valence-electron chi connectivity index (χ1n) is 5.69. The Hall–Kier alpha value is -1.14. The Kier molecular flexibility index (Phi) is 2.33. The molecule has 3 aliphatic rings. The quantitative estimate of drug-likeness (QED) is 0.740. The van der Waals surface area contributed by atoms with Crippen LogP contribution in [0.5, 0.6) is 0 Å². The van der Waals surface area contributed by atoms with Crippen molar-refractivity contribution in [1.29, 1.82) is 5.41 Å². The van der Waals surface area contributed by atoms with E-state index < -0.39 is 6.09 Å². The molecule has 2 saturated heterocycles. The molecule has 88 valence electrons. The smallest absolute Gasteiger partial charge is 0.431 e. The summed E-state index contributed by atoms with van der Waals surface area (Å²) < 4.78 is 10.5. The third kappa shape index (κ3) is 1.58. The summed E-state index contributed by atoms with van der Waals surface area (Å²) in [5.74, 6) is 0.678. The van der Waals surface area contributed by atoms with E-state index in [-0.39, 0.29) is 6.10 Å². The minimum absolute atomic E-state index is 0.300. The third-order valence-corrected chi connectivity index (χ3v) is 3.22. The number of amidine groups is 1. The number of cyclic esters (lactones) is 1. The number of nitrogens with one attached hydrogen (secondary N) is 1. The number of carbonyl (C=O) groups is 1. The maximum atomic E-state index is 11.7. The SMILES string of the molecule is N=C1C(C2CC2)OC(=O)N1N1CCOCC1. The normalized spacial score (nSPS) is 32.0. The van der Waals surface area contributed by atoms with Gasteiger partial charge in [0.15, 0.2) is 11.9 Å². The second-order valence-electron chi connectivity index (χ2n) is 4.40. The third-order valence-electron chi connectivity index (χ3n) is 3.22. The maximum absolute atomic E-state index is 11.7. The average Bonchev–Trinajstić information content (AvgIpc) is 3.07. The van der Waals surface area contributed by atoms with Crippen LogP contribution in [-0.4, -0.2) is 54.4 Å². The summed E-state index contributed by atoms with van der Waals surface area (Å²) in [5.41, 5.74) is 0. The summed E-state index contributed by atoms with van der Waals surface area (Å²) in [6.45, 7) is 2.50. The molecule has 16 heavy (non-hydrogen) atoms. The summed E-state index contributed by atoms with van der Waals surface area (Å²) in [5, 5.41) is 11.2. The Morgan fingerprint density at radius 3 is 2.56 bits per heavy atom. The van der Waals surface area contributed by atoms with Gasteiger partial charge in [0.2, 0.25) is 0 Å². The maximum Gasteiger partial charge on any atom is 0.431 e. The van der Waals surface area contributed by atoms with Crippen LogP contribution in [0.4, 0.5) is 4.79 Å². The zero-order chi connectivity index (χ0) is 11.1. The average molecular weight is 225 g/mol. The predicted octanol–water partition coefficient (Wildman–Crippen LogP) is 0.442. The number of hydrogen-bond acceptors (Lipinski definition) is 5. The van der Waals surface area contributed by atoms with Gasteiger partial charge in [-0.25, -0.2) is 9.80 Å². The molecule has 0 radical (unpaired) electrons. The van der Waals surface area contributed by atoms with Crippen molar-refractivity contribution in [2.75, 3.05) is 26.3 Å². The van der Waals surface area contributed by atoms with Gasteiger partial charge < -0.3 is 9.47 Å². The van der Waals surface area contributed by atoms with Crippen molar-refractivity contribution in [3.05, 3.63) is 0 Å². The molecule has 1 N–H and O–H groups in total. The second kappa shape index (κ2) is 3.71. The lowest BCUT2D eigenvalue weighted by atomic mass is 10.2. The van der Waals surface area contributed by atoms with Crippen LogP contribution in [0.2, 0.25) is 0 Å². The number of carbonyl (C=O) groups excluding carboxylic acids is 1. The van der Waals surface area contributed by atoms with Crippen molar-refractivity contribution >= 4 is 11.9 Å². The molecular weight excluding hydrogens is 210 g/mol. The highest BCUT2D eigenvalue weighted by atomic mass is 16.6. The summed E-state index contributed by atoms with van der Waals surface area (Å²) in [6, 6.07) is 0. The molecule has 0 aromatic carbocycles. The molecule has 0 bridgehead atoms. The molecule has 0 spiro atoms. The van der Waals surface area contributed by atoms with Gasteiger partial charge in [0, 0.05) is 19.0 Å². The number of nitrogens with zero attached hydrogens (tertiary/aromatic N) is 2. The lowest BCUT2D eigenvalue weighted by molar-refractivity contribution is -0.0342. The fourth-order valence-electron chi connectivity index (χ4n) is 2.17. The van der Waals surface area contributed by atoms with E-state index in [9.17, 15) is 4.79 Å². The number of morpholine rings is 1. The van der Waals surface area contributed by atoms with Crippen LogP contribution in [0, 0.1) is 11.3 Å². The molecule has 2 heterocycles. The fraction of sp³-hybridized carbons (Fsp3) is 0.800. The molecule has 2 aliphatic heterocycles. The van der Waals surface area contributed by atoms with Crippen LogP contribution in [-0.2, 0) is 9.47 Å². The van der Waals surface area contributed by atoms with Crippen molar-refractivity contribution < 1.29 is 14.3 Å². The fourth-order valence-corrected chi connectivity index (χ4v) is 2.17. The Labute approximate surface area is 93.6 Å². The van der Waals surface area contributed by atoms with Crippen molar-refractivity contribution in [1.82, 2.24) is 10.0 Å². The number of hydrazine groups is 1. The van der Waals surface area contributed by atoms with E-state index in [1.54, 1.807) is 0 Å². The van der Waals surface area contributed by atoms with Crippen LogP contribution < -0.4 is 0 Å². The van der Waals surface area contributed by atoms with Crippen LogP contribution in [0.3, 0.4) is 0 Å². The van der Waals surface area contributed by atoms with Gasteiger partial charge in [0.05, 0.1) is 13.2 Å². The summed E-state index contributed by atoms with van der Waals surface area (Å²) in [7, 11) is 0. The molecule has 1 amide bonds. The van der Waals surface area contributed by atoms with E-state index in [4.69, 9.17) is 14.9 Å². The van der Waals surface area contributed by atoms with E-state index in [1.165, 1.54) is 5.01 Å².